The topological polar surface area (TPSA) is 77.7 Å². The lowest BCUT2D eigenvalue weighted by molar-refractivity contribution is -0.140. The van der Waals surface area contributed by atoms with E-state index in [1.807, 2.05) is 6.07 Å². The van der Waals surface area contributed by atoms with E-state index in [0.29, 0.717) is 6.61 Å². The van der Waals surface area contributed by atoms with Gasteiger partial charge in [-0.1, -0.05) is 0 Å². The van der Waals surface area contributed by atoms with Crippen molar-refractivity contribution in [2.24, 2.45) is 5.10 Å². The first-order valence-electron chi connectivity index (χ1n) is 4.10. The monoisotopic (exact) mass is 194 g/mol. The minimum Gasteiger partial charge on any atom is -0.461 e. The van der Waals surface area contributed by atoms with Gasteiger partial charge in [-0.2, -0.15) is 10.4 Å². The van der Waals surface area contributed by atoms with Crippen LogP contribution < -0.4 is 5.53 Å². The molecule has 0 aromatic rings. The smallest absolute Gasteiger partial charge is 0.356 e. The molecule has 0 saturated carbocycles. The summed E-state index contributed by atoms with van der Waals surface area (Å²) >= 11 is 0. The van der Waals surface area contributed by atoms with Crippen molar-refractivity contribution in [1.29, 1.82) is 5.26 Å². The van der Waals surface area contributed by atoms with E-state index in [9.17, 15) is 4.79 Å². The van der Waals surface area contributed by atoms with Gasteiger partial charge in [-0.25, -0.2) is 10.3 Å². The second-order valence-corrected chi connectivity index (χ2v) is 2.39. The predicted molar refractivity (Wildman–Crippen MR) is 48.7 cm³/mol. The number of hydrogen-bond acceptors (Lipinski definition) is 6. The lowest BCUT2D eigenvalue weighted by Crippen LogP contribution is -2.39. The van der Waals surface area contributed by atoms with Gasteiger partial charge < -0.3 is 4.74 Å². The number of nitrogens with zero attached hydrogens (tertiary/aromatic N) is 3. The van der Waals surface area contributed by atoms with Gasteiger partial charge in [-0.05, 0) is 13.0 Å². The van der Waals surface area contributed by atoms with Crippen LogP contribution >= 0.6 is 0 Å². The Hall–Kier alpha value is -2.03. The Labute approximate surface area is 81.4 Å². The van der Waals surface area contributed by atoms with Gasteiger partial charge >= 0.3 is 5.97 Å². The van der Waals surface area contributed by atoms with E-state index in [-0.39, 0.29) is 12.2 Å². The minimum atomic E-state index is -0.471. The first-order chi connectivity index (χ1) is 6.79. The molecule has 0 aromatic carbocycles. The number of nitriles is 1. The molecule has 0 bridgehead atoms. The van der Waals surface area contributed by atoms with Crippen LogP contribution in [0.3, 0.4) is 0 Å². The van der Waals surface area contributed by atoms with Crippen LogP contribution in [0, 0.1) is 11.3 Å². The average molecular weight is 194 g/mol. The van der Waals surface area contributed by atoms with Crippen LogP contribution in [0.15, 0.2) is 16.9 Å². The molecule has 1 N–H and O–H groups in total. The maximum absolute atomic E-state index is 11.3. The van der Waals surface area contributed by atoms with Gasteiger partial charge in [-0.3, -0.25) is 5.01 Å². The molecule has 0 aromatic heterocycles. The van der Waals surface area contributed by atoms with Crippen LogP contribution in [-0.4, -0.2) is 30.3 Å². The quantitative estimate of drug-likeness (QED) is 0.495. The van der Waals surface area contributed by atoms with Gasteiger partial charge in [0, 0.05) is 0 Å². The number of allylic oxidation sites excluding steroid dienone is 1. The van der Waals surface area contributed by atoms with Crippen LogP contribution in [0.25, 0.3) is 0 Å². The van der Waals surface area contributed by atoms with Crippen LogP contribution in [0.4, 0.5) is 0 Å². The number of rotatable bonds is 3. The van der Waals surface area contributed by atoms with Crippen molar-refractivity contribution in [3.8, 4) is 6.07 Å². The van der Waals surface area contributed by atoms with E-state index in [0.717, 1.165) is 0 Å². The third-order valence-corrected chi connectivity index (χ3v) is 1.49. The van der Waals surface area contributed by atoms with E-state index < -0.39 is 5.97 Å². The zero-order valence-corrected chi connectivity index (χ0v) is 7.73. The molecule has 0 spiro atoms. The molecular weight excluding hydrogens is 184 g/mol. The fraction of sp³-hybridized carbons (Fsp3) is 0.375. The van der Waals surface area contributed by atoms with Crippen molar-refractivity contribution in [3.63, 3.8) is 0 Å². The summed E-state index contributed by atoms with van der Waals surface area (Å²) in [5.41, 5.74) is 2.80. The van der Waals surface area contributed by atoms with E-state index in [1.165, 1.54) is 17.3 Å². The Morgan fingerprint density at radius 3 is 3.29 bits per heavy atom. The Morgan fingerprint density at radius 2 is 2.64 bits per heavy atom. The molecule has 0 fully saturated rings. The van der Waals surface area contributed by atoms with E-state index >= 15 is 0 Å². The molecule has 1 rings (SSSR count). The zero-order valence-electron chi connectivity index (χ0n) is 7.73. The molecule has 0 unspecified atom stereocenters. The second kappa shape index (κ2) is 4.87. The molecule has 1 aliphatic rings. The van der Waals surface area contributed by atoms with Gasteiger partial charge in [0.15, 0.2) is 0 Å². The highest BCUT2D eigenvalue weighted by atomic mass is 16.5. The summed E-state index contributed by atoms with van der Waals surface area (Å²) in [5, 5.41) is 13.5. The molecule has 0 amide bonds. The van der Waals surface area contributed by atoms with Crippen molar-refractivity contribution in [2.75, 3.05) is 13.2 Å². The van der Waals surface area contributed by atoms with Gasteiger partial charge in [0.2, 0.25) is 0 Å². The molecule has 0 atom stereocenters. The van der Waals surface area contributed by atoms with Crippen molar-refractivity contribution in [2.45, 2.75) is 6.92 Å². The van der Waals surface area contributed by atoms with Crippen LogP contribution in [0.5, 0.6) is 0 Å². The van der Waals surface area contributed by atoms with Gasteiger partial charge in [-0.15, -0.1) is 0 Å². The maximum Gasteiger partial charge on any atom is 0.356 e. The van der Waals surface area contributed by atoms with Gasteiger partial charge in [0.25, 0.3) is 0 Å². The second-order valence-electron chi connectivity index (χ2n) is 2.39. The summed E-state index contributed by atoms with van der Waals surface area (Å²) in [6.45, 7) is 2.05. The Bertz CT molecular complexity index is 316. The molecular formula is C8H10N4O2. The molecule has 6 nitrogen and oxygen atoms in total. The van der Waals surface area contributed by atoms with Crippen molar-refractivity contribution in [1.82, 2.24) is 10.5 Å². The maximum atomic E-state index is 11.3. The highest BCUT2D eigenvalue weighted by Crippen LogP contribution is 2.05. The summed E-state index contributed by atoms with van der Waals surface area (Å²) in [6, 6.07) is 1.91. The molecule has 14 heavy (non-hydrogen) atoms. The lowest BCUT2D eigenvalue weighted by Gasteiger charge is -2.23. The number of esters is 1. The summed E-state index contributed by atoms with van der Waals surface area (Å²) in [7, 11) is 0. The van der Waals surface area contributed by atoms with Crippen LogP contribution in [0.1, 0.15) is 6.92 Å². The number of carbonyl (C=O) groups excluding carboxylic acids is 1. The summed E-state index contributed by atoms with van der Waals surface area (Å²) in [5.74, 6) is -0.471. The van der Waals surface area contributed by atoms with E-state index in [2.05, 4.69) is 10.6 Å². The summed E-state index contributed by atoms with van der Waals surface area (Å²) in [6.07, 6.45) is 2.92. The fourth-order valence-corrected chi connectivity index (χ4v) is 0.929. The van der Waals surface area contributed by atoms with Gasteiger partial charge in [0.1, 0.15) is 12.2 Å². The third-order valence-electron chi connectivity index (χ3n) is 1.49. The summed E-state index contributed by atoms with van der Waals surface area (Å²) < 4.78 is 4.80. The Kier molecular flexibility index (Phi) is 3.49. The Balaban J connectivity index is 2.72. The first-order valence-corrected chi connectivity index (χ1v) is 4.10. The number of hydrogen-bond donors (Lipinski definition) is 1. The van der Waals surface area contributed by atoms with Gasteiger partial charge in [0.05, 0.1) is 18.9 Å². The summed E-state index contributed by atoms with van der Waals surface area (Å²) in [4.78, 5) is 11.3. The largest absolute Gasteiger partial charge is 0.461 e. The molecule has 0 saturated heterocycles. The molecule has 74 valence electrons. The average Bonchev–Trinajstić information content (AvgIpc) is 2.19. The third kappa shape index (κ3) is 2.23. The predicted octanol–water partition coefficient (Wildman–Crippen LogP) is -0.237. The molecule has 1 aliphatic heterocycles. The fourth-order valence-electron chi connectivity index (χ4n) is 0.929. The number of hydrazine groups is 1. The molecule has 0 radical (unpaired) electrons. The highest BCUT2D eigenvalue weighted by molar-refractivity contribution is 5.93. The van der Waals surface area contributed by atoms with Crippen molar-refractivity contribution < 1.29 is 9.53 Å². The number of carbonyl (C=O) groups is 1. The zero-order chi connectivity index (χ0) is 10.4. The molecule has 1 heterocycles. The molecule has 6 heteroatoms. The standard InChI is InChI=1S/C8H10N4O2/c1-2-14-8(13)7-3-5-10-11-12(7)6-4-9/h3,5,11H,2,6H2,1H3. The number of nitrogens with one attached hydrogen (secondary N) is 1. The highest BCUT2D eigenvalue weighted by Gasteiger charge is 2.19. The Morgan fingerprint density at radius 1 is 1.86 bits per heavy atom. The van der Waals surface area contributed by atoms with E-state index in [1.54, 1.807) is 6.92 Å². The first kappa shape index (κ1) is 10.1. The van der Waals surface area contributed by atoms with E-state index in [4.69, 9.17) is 10.00 Å². The lowest BCUT2D eigenvalue weighted by atomic mass is 10.3. The minimum absolute atomic E-state index is 0.0297. The molecule has 0 aliphatic carbocycles. The number of hydrazone groups is 1. The van der Waals surface area contributed by atoms with Crippen molar-refractivity contribution >= 4 is 12.2 Å². The van der Waals surface area contributed by atoms with Crippen molar-refractivity contribution in [3.05, 3.63) is 11.8 Å². The van der Waals surface area contributed by atoms with Crippen LogP contribution in [0.2, 0.25) is 0 Å². The van der Waals surface area contributed by atoms with Crippen LogP contribution in [-0.2, 0) is 9.53 Å². The number of ether oxygens (including phenoxy) is 1. The normalized spacial score (nSPS) is 14.0. The SMILES string of the molecule is CCOC(=O)C1=CC=NNN1CC#N.